The van der Waals surface area contributed by atoms with E-state index in [0.717, 1.165) is 44.7 Å². The number of ether oxygens (including phenoxy) is 1. The van der Waals surface area contributed by atoms with Gasteiger partial charge in [0.15, 0.2) is 5.96 Å². The molecule has 17 heavy (non-hydrogen) atoms. The maximum Gasteiger partial charge on any atom is 0.193 e. The fraction of sp³-hybridized carbons (Fsp3) is 0.923. The van der Waals surface area contributed by atoms with E-state index in [1.807, 2.05) is 7.05 Å². The molecule has 3 fully saturated rings. The second kappa shape index (κ2) is 4.48. The molecule has 1 atom stereocenters. The summed E-state index contributed by atoms with van der Waals surface area (Å²) in [5.41, 5.74) is 0.428. The first kappa shape index (κ1) is 11.3. The molecule has 0 amide bonds. The first-order valence-electron chi connectivity index (χ1n) is 6.85. The Kier molecular flexibility index (Phi) is 2.99. The summed E-state index contributed by atoms with van der Waals surface area (Å²) in [5.74, 6) is 2.00. The predicted molar refractivity (Wildman–Crippen MR) is 68.1 cm³/mol. The molecule has 3 aliphatic rings. The highest BCUT2D eigenvalue weighted by atomic mass is 16.5. The largest absolute Gasteiger partial charge is 0.381 e. The van der Waals surface area contributed by atoms with Gasteiger partial charge in [0.25, 0.3) is 0 Å². The Bertz CT molecular complexity index is 306. The molecule has 0 aromatic carbocycles. The molecule has 2 saturated heterocycles. The van der Waals surface area contributed by atoms with Gasteiger partial charge in [-0.2, -0.15) is 0 Å². The van der Waals surface area contributed by atoms with E-state index in [0.29, 0.717) is 5.41 Å². The number of guanidine groups is 1. The lowest BCUT2D eigenvalue weighted by atomic mass is 9.87. The number of hydrogen-bond acceptors (Lipinski definition) is 2. The minimum absolute atomic E-state index is 0.428. The second-order valence-electron chi connectivity index (χ2n) is 5.85. The van der Waals surface area contributed by atoms with Gasteiger partial charge < -0.3 is 15.0 Å². The van der Waals surface area contributed by atoms with E-state index in [1.54, 1.807) is 0 Å². The van der Waals surface area contributed by atoms with Crippen LogP contribution in [0.1, 0.15) is 25.7 Å². The van der Waals surface area contributed by atoms with Crippen molar-refractivity contribution in [2.45, 2.75) is 25.7 Å². The van der Waals surface area contributed by atoms with Crippen molar-refractivity contribution in [1.29, 1.82) is 0 Å². The summed E-state index contributed by atoms with van der Waals surface area (Å²) in [6, 6.07) is 0. The molecule has 1 aliphatic carbocycles. The van der Waals surface area contributed by atoms with Crippen LogP contribution in [0.5, 0.6) is 0 Å². The first-order valence-corrected chi connectivity index (χ1v) is 6.85. The fourth-order valence-electron chi connectivity index (χ4n) is 2.98. The lowest BCUT2D eigenvalue weighted by molar-refractivity contribution is 0.156. The van der Waals surface area contributed by atoms with Crippen molar-refractivity contribution >= 4 is 5.96 Å². The highest BCUT2D eigenvalue weighted by molar-refractivity contribution is 5.80. The average Bonchev–Trinajstić information content (AvgIpc) is 2.92. The molecule has 96 valence electrons. The molecule has 0 aromatic heterocycles. The van der Waals surface area contributed by atoms with Gasteiger partial charge in [0.2, 0.25) is 0 Å². The van der Waals surface area contributed by atoms with Gasteiger partial charge in [0.1, 0.15) is 0 Å². The molecular formula is C13H23N3O. The van der Waals surface area contributed by atoms with Crippen LogP contribution < -0.4 is 5.32 Å². The monoisotopic (exact) mass is 237 g/mol. The van der Waals surface area contributed by atoms with Crippen molar-refractivity contribution < 1.29 is 4.74 Å². The third-order valence-electron chi connectivity index (χ3n) is 4.38. The average molecular weight is 237 g/mol. The van der Waals surface area contributed by atoms with E-state index in [1.165, 1.54) is 25.7 Å². The van der Waals surface area contributed by atoms with Crippen molar-refractivity contribution in [3.8, 4) is 0 Å². The summed E-state index contributed by atoms with van der Waals surface area (Å²) in [6.07, 6.45) is 5.27. The molecule has 2 aliphatic heterocycles. The normalized spacial score (nSPS) is 33.7. The third-order valence-corrected chi connectivity index (χ3v) is 4.38. The third kappa shape index (κ3) is 2.41. The van der Waals surface area contributed by atoms with E-state index in [-0.39, 0.29) is 0 Å². The van der Waals surface area contributed by atoms with Crippen LogP contribution in [-0.2, 0) is 4.74 Å². The summed E-state index contributed by atoms with van der Waals surface area (Å²) in [4.78, 5) is 6.83. The van der Waals surface area contributed by atoms with Crippen LogP contribution in [-0.4, -0.2) is 50.8 Å². The van der Waals surface area contributed by atoms with Gasteiger partial charge in [-0.25, -0.2) is 0 Å². The van der Waals surface area contributed by atoms with Gasteiger partial charge in [0.05, 0.1) is 6.61 Å². The maximum atomic E-state index is 5.57. The molecule has 4 heteroatoms. The Morgan fingerprint density at radius 3 is 3.00 bits per heavy atom. The zero-order valence-corrected chi connectivity index (χ0v) is 10.7. The Hall–Kier alpha value is -0.770. The van der Waals surface area contributed by atoms with Crippen molar-refractivity contribution in [3.05, 3.63) is 0 Å². The standard InChI is InChI=1S/C13H23N3O/c1-14-12(15-8-11-2-3-11)16-6-4-13(9-16)5-7-17-10-13/h11H,2-10H2,1H3,(H,14,15). The van der Waals surface area contributed by atoms with Crippen LogP contribution in [0.25, 0.3) is 0 Å². The zero-order valence-electron chi connectivity index (χ0n) is 10.7. The molecular weight excluding hydrogens is 214 g/mol. The molecule has 1 unspecified atom stereocenters. The van der Waals surface area contributed by atoms with Crippen molar-refractivity contribution in [3.63, 3.8) is 0 Å². The van der Waals surface area contributed by atoms with E-state index in [2.05, 4.69) is 15.2 Å². The lowest BCUT2D eigenvalue weighted by Crippen LogP contribution is -2.42. The van der Waals surface area contributed by atoms with Crippen LogP contribution in [0.3, 0.4) is 0 Å². The Morgan fingerprint density at radius 2 is 2.35 bits per heavy atom. The molecule has 0 radical (unpaired) electrons. The highest BCUT2D eigenvalue weighted by Crippen LogP contribution is 2.38. The van der Waals surface area contributed by atoms with Gasteiger partial charge in [-0.1, -0.05) is 0 Å². The first-order chi connectivity index (χ1) is 8.31. The number of nitrogens with zero attached hydrogens (tertiary/aromatic N) is 2. The number of rotatable bonds is 2. The van der Waals surface area contributed by atoms with Crippen molar-refractivity contribution in [2.24, 2.45) is 16.3 Å². The molecule has 2 heterocycles. The SMILES string of the molecule is CN=C(NCC1CC1)N1CCC2(CCOC2)C1. The molecule has 0 bridgehead atoms. The smallest absolute Gasteiger partial charge is 0.193 e. The quantitative estimate of drug-likeness (QED) is 0.577. The molecule has 1 saturated carbocycles. The van der Waals surface area contributed by atoms with Crippen LogP contribution in [0.15, 0.2) is 4.99 Å². The van der Waals surface area contributed by atoms with Gasteiger partial charge >= 0.3 is 0 Å². The van der Waals surface area contributed by atoms with Crippen molar-refractivity contribution in [1.82, 2.24) is 10.2 Å². The molecule has 4 nitrogen and oxygen atoms in total. The summed E-state index contributed by atoms with van der Waals surface area (Å²) >= 11 is 0. The number of nitrogens with one attached hydrogen (secondary N) is 1. The Labute approximate surface area is 103 Å². The number of likely N-dealkylation sites (tertiary alicyclic amines) is 1. The molecule has 1 N–H and O–H groups in total. The van der Waals surface area contributed by atoms with Crippen LogP contribution >= 0.6 is 0 Å². The van der Waals surface area contributed by atoms with Gasteiger partial charge in [0, 0.05) is 38.7 Å². The Morgan fingerprint density at radius 1 is 1.47 bits per heavy atom. The summed E-state index contributed by atoms with van der Waals surface area (Å²) in [7, 11) is 1.89. The predicted octanol–water partition coefficient (Wildman–Crippen LogP) is 1.08. The molecule has 0 aromatic rings. The van der Waals surface area contributed by atoms with Crippen molar-refractivity contribution in [2.75, 3.05) is 39.9 Å². The minimum Gasteiger partial charge on any atom is -0.381 e. The number of hydrogen-bond donors (Lipinski definition) is 1. The minimum atomic E-state index is 0.428. The zero-order chi connectivity index (χ0) is 11.7. The van der Waals surface area contributed by atoms with Gasteiger partial charge in [-0.3, -0.25) is 4.99 Å². The fourth-order valence-corrected chi connectivity index (χ4v) is 2.98. The topological polar surface area (TPSA) is 36.9 Å². The molecule has 3 rings (SSSR count). The van der Waals surface area contributed by atoms with E-state index in [9.17, 15) is 0 Å². The maximum absolute atomic E-state index is 5.57. The lowest BCUT2D eigenvalue weighted by Gasteiger charge is -2.24. The van der Waals surface area contributed by atoms with Crippen LogP contribution in [0.2, 0.25) is 0 Å². The summed E-state index contributed by atoms with van der Waals surface area (Å²) in [6.45, 7) is 5.25. The molecule has 1 spiro atoms. The van der Waals surface area contributed by atoms with Gasteiger partial charge in [-0.15, -0.1) is 0 Å². The van der Waals surface area contributed by atoms with E-state index in [4.69, 9.17) is 4.74 Å². The van der Waals surface area contributed by atoms with E-state index < -0.39 is 0 Å². The number of aliphatic imine (C=N–C) groups is 1. The summed E-state index contributed by atoms with van der Waals surface area (Å²) < 4.78 is 5.57. The summed E-state index contributed by atoms with van der Waals surface area (Å²) in [5, 5.41) is 3.51. The van der Waals surface area contributed by atoms with Crippen LogP contribution in [0, 0.1) is 11.3 Å². The van der Waals surface area contributed by atoms with E-state index >= 15 is 0 Å². The van der Waals surface area contributed by atoms with Crippen LogP contribution in [0.4, 0.5) is 0 Å². The van der Waals surface area contributed by atoms with Gasteiger partial charge in [-0.05, 0) is 31.6 Å². The Balaban J connectivity index is 1.55. The second-order valence-corrected chi connectivity index (χ2v) is 5.85. The highest BCUT2D eigenvalue weighted by Gasteiger charge is 2.42.